The number of anilines is 1. The summed E-state index contributed by atoms with van der Waals surface area (Å²) in [5.74, 6) is 2.26. The molecule has 2 aromatic rings. The number of pyridine rings is 1. The van der Waals surface area contributed by atoms with Crippen LogP contribution in [0, 0.1) is 0 Å². The minimum absolute atomic E-state index is 0. The third kappa shape index (κ3) is 7.68. The summed E-state index contributed by atoms with van der Waals surface area (Å²) in [6.07, 6.45) is 2.26. The van der Waals surface area contributed by atoms with Gasteiger partial charge in [-0.2, -0.15) is 0 Å². The van der Waals surface area contributed by atoms with Crippen LogP contribution < -0.4 is 15.5 Å². The third-order valence-corrected chi connectivity index (χ3v) is 5.40. The van der Waals surface area contributed by atoms with Gasteiger partial charge in [0.1, 0.15) is 5.82 Å². The molecule has 2 heterocycles. The number of rotatable bonds is 7. The highest BCUT2D eigenvalue weighted by atomic mass is 127. The van der Waals surface area contributed by atoms with Gasteiger partial charge in [0.25, 0.3) is 0 Å². The lowest BCUT2D eigenvalue weighted by Gasteiger charge is -2.35. The van der Waals surface area contributed by atoms with Crippen LogP contribution in [0.15, 0.2) is 59.7 Å². The number of carbonyl (C=O) groups is 1. The summed E-state index contributed by atoms with van der Waals surface area (Å²) in [7, 11) is 1.75. The normalized spacial score (nSPS) is 15.1. The van der Waals surface area contributed by atoms with Crippen molar-refractivity contribution in [3.8, 4) is 0 Å². The van der Waals surface area contributed by atoms with E-state index in [1.165, 1.54) is 5.56 Å². The highest BCUT2D eigenvalue weighted by Crippen LogP contribution is 2.14. The number of nitrogens with zero attached hydrogens (tertiary/aromatic N) is 4. The van der Waals surface area contributed by atoms with Gasteiger partial charge < -0.3 is 20.4 Å². The van der Waals surface area contributed by atoms with Crippen LogP contribution in [-0.2, 0) is 4.79 Å². The molecule has 1 aliphatic heterocycles. The molecule has 2 N–H and O–H groups in total. The molecular weight excluding hydrogens is 503 g/mol. The number of guanidine groups is 1. The molecule has 168 valence electrons. The lowest BCUT2D eigenvalue weighted by atomic mass is 10.0. The molecule has 0 spiro atoms. The zero-order valence-electron chi connectivity index (χ0n) is 18.3. The SMILES string of the molecule is CN=C(NCCC(=O)N1CCN(c2ccccn2)CC1)NCC(C)c1ccccc1.I. The van der Waals surface area contributed by atoms with Crippen molar-refractivity contribution in [2.45, 2.75) is 19.3 Å². The fraction of sp³-hybridized carbons (Fsp3) is 0.435. The van der Waals surface area contributed by atoms with E-state index in [2.05, 4.69) is 56.7 Å². The van der Waals surface area contributed by atoms with E-state index in [1.54, 1.807) is 13.2 Å². The topological polar surface area (TPSA) is 72.9 Å². The quantitative estimate of drug-likeness (QED) is 0.324. The molecule has 0 saturated carbocycles. The summed E-state index contributed by atoms with van der Waals surface area (Å²) in [4.78, 5) is 25.4. The Morgan fingerprint density at radius 3 is 2.42 bits per heavy atom. The summed E-state index contributed by atoms with van der Waals surface area (Å²) >= 11 is 0. The maximum absolute atomic E-state index is 12.6. The van der Waals surface area contributed by atoms with Crippen molar-refractivity contribution in [3.63, 3.8) is 0 Å². The van der Waals surface area contributed by atoms with Gasteiger partial charge in [0.2, 0.25) is 5.91 Å². The zero-order chi connectivity index (χ0) is 21.2. The first-order chi connectivity index (χ1) is 14.7. The summed E-state index contributed by atoms with van der Waals surface area (Å²) < 4.78 is 0. The number of piperazine rings is 1. The van der Waals surface area contributed by atoms with E-state index >= 15 is 0 Å². The largest absolute Gasteiger partial charge is 0.356 e. The highest BCUT2D eigenvalue weighted by Gasteiger charge is 2.21. The molecule has 31 heavy (non-hydrogen) atoms. The maximum atomic E-state index is 12.6. The van der Waals surface area contributed by atoms with Crippen LogP contribution in [0.1, 0.15) is 24.8 Å². The van der Waals surface area contributed by atoms with Gasteiger partial charge in [-0.05, 0) is 23.6 Å². The summed E-state index contributed by atoms with van der Waals surface area (Å²) in [6, 6.07) is 16.3. The van der Waals surface area contributed by atoms with Crippen LogP contribution in [0.5, 0.6) is 0 Å². The molecule has 1 aliphatic rings. The highest BCUT2D eigenvalue weighted by molar-refractivity contribution is 14.0. The minimum Gasteiger partial charge on any atom is -0.356 e. The van der Waals surface area contributed by atoms with Gasteiger partial charge in [-0.3, -0.25) is 9.79 Å². The fourth-order valence-corrected chi connectivity index (χ4v) is 3.54. The molecule has 1 saturated heterocycles. The molecule has 3 rings (SSSR count). The smallest absolute Gasteiger partial charge is 0.224 e. The average Bonchev–Trinajstić information content (AvgIpc) is 2.82. The Balaban J connectivity index is 0.00000341. The number of nitrogens with one attached hydrogen (secondary N) is 2. The van der Waals surface area contributed by atoms with Crippen molar-refractivity contribution >= 4 is 41.7 Å². The summed E-state index contributed by atoms with van der Waals surface area (Å²) in [5.41, 5.74) is 1.29. The number of carbonyl (C=O) groups excluding carboxylic acids is 1. The number of benzene rings is 1. The predicted molar refractivity (Wildman–Crippen MR) is 137 cm³/mol. The van der Waals surface area contributed by atoms with Crippen LogP contribution in [-0.4, -0.2) is 68.1 Å². The monoisotopic (exact) mass is 536 g/mol. The molecule has 0 aliphatic carbocycles. The average molecular weight is 536 g/mol. The van der Waals surface area contributed by atoms with Crippen molar-refractivity contribution in [1.29, 1.82) is 0 Å². The Labute approximate surface area is 202 Å². The molecule has 8 heteroatoms. The van der Waals surface area contributed by atoms with Crippen LogP contribution in [0.3, 0.4) is 0 Å². The maximum Gasteiger partial charge on any atom is 0.224 e. The van der Waals surface area contributed by atoms with Gasteiger partial charge in [-0.1, -0.05) is 43.3 Å². The Morgan fingerprint density at radius 1 is 1.06 bits per heavy atom. The number of aliphatic imine (C=N–C) groups is 1. The van der Waals surface area contributed by atoms with E-state index in [4.69, 9.17) is 0 Å². The van der Waals surface area contributed by atoms with Crippen LogP contribution in [0.2, 0.25) is 0 Å². The van der Waals surface area contributed by atoms with E-state index in [1.807, 2.05) is 29.2 Å². The standard InChI is InChI=1S/C23H32N6O.HI/c1-19(20-8-4-3-5-9-20)18-27-23(24-2)26-13-11-22(30)29-16-14-28(15-17-29)21-10-6-7-12-25-21;/h3-10,12,19H,11,13-18H2,1-2H3,(H2,24,26,27);1H. The van der Waals surface area contributed by atoms with Crippen LogP contribution in [0.4, 0.5) is 5.82 Å². The third-order valence-electron chi connectivity index (χ3n) is 5.40. The Kier molecular flexibility index (Phi) is 10.6. The molecule has 0 bridgehead atoms. The molecule has 1 aromatic heterocycles. The van der Waals surface area contributed by atoms with Gasteiger partial charge in [0.05, 0.1) is 0 Å². The summed E-state index contributed by atoms with van der Waals surface area (Å²) in [6.45, 7) is 6.64. The van der Waals surface area contributed by atoms with Gasteiger partial charge in [0, 0.05) is 58.9 Å². The van der Waals surface area contributed by atoms with Crippen molar-refractivity contribution < 1.29 is 4.79 Å². The number of hydrogen-bond acceptors (Lipinski definition) is 4. The summed E-state index contributed by atoms with van der Waals surface area (Å²) in [5, 5.41) is 6.60. The predicted octanol–water partition coefficient (Wildman–Crippen LogP) is 2.71. The lowest BCUT2D eigenvalue weighted by molar-refractivity contribution is -0.131. The minimum atomic E-state index is 0. The van der Waals surface area contributed by atoms with E-state index < -0.39 is 0 Å². The van der Waals surface area contributed by atoms with Gasteiger partial charge in [-0.25, -0.2) is 4.98 Å². The molecule has 1 unspecified atom stereocenters. The number of amides is 1. The molecule has 1 amide bonds. The first kappa shape index (κ1) is 24.9. The van der Waals surface area contributed by atoms with Crippen molar-refractivity contribution in [3.05, 3.63) is 60.3 Å². The van der Waals surface area contributed by atoms with Crippen molar-refractivity contribution in [2.75, 3.05) is 51.2 Å². The second-order valence-electron chi connectivity index (χ2n) is 7.50. The first-order valence-electron chi connectivity index (χ1n) is 10.6. The molecule has 7 nitrogen and oxygen atoms in total. The second kappa shape index (κ2) is 13.1. The second-order valence-corrected chi connectivity index (χ2v) is 7.50. The molecule has 1 aromatic carbocycles. The molecular formula is C23H33IN6O. The zero-order valence-corrected chi connectivity index (χ0v) is 20.7. The molecule has 1 atom stereocenters. The van der Waals surface area contributed by atoms with Gasteiger partial charge in [0.15, 0.2) is 5.96 Å². The first-order valence-corrected chi connectivity index (χ1v) is 10.6. The van der Waals surface area contributed by atoms with E-state index in [-0.39, 0.29) is 29.9 Å². The molecule has 0 radical (unpaired) electrons. The number of aromatic nitrogens is 1. The fourth-order valence-electron chi connectivity index (χ4n) is 3.54. The number of hydrogen-bond donors (Lipinski definition) is 2. The van der Waals surface area contributed by atoms with E-state index in [0.717, 1.165) is 44.5 Å². The van der Waals surface area contributed by atoms with Crippen LogP contribution in [0.25, 0.3) is 0 Å². The van der Waals surface area contributed by atoms with Gasteiger partial charge >= 0.3 is 0 Å². The van der Waals surface area contributed by atoms with Crippen molar-refractivity contribution in [1.82, 2.24) is 20.5 Å². The number of halogens is 1. The Hall–Kier alpha value is -2.36. The van der Waals surface area contributed by atoms with E-state index in [9.17, 15) is 4.79 Å². The van der Waals surface area contributed by atoms with Gasteiger partial charge in [-0.15, -0.1) is 24.0 Å². The molecule has 1 fully saturated rings. The van der Waals surface area contributed by atoms with E-state index in [0.29, 0.717) is 18.9 Å². The Bertz CT molecular complexity index is 809. The van der Waals surface area contributed by atoms with Crippen molar-refractivity contribution in [2.24, 2.45) is 4.99 Å². The lowest BCUT2D eigenvalue weighted by Crippen LogP contribution is -2.49. The Morgan fingerprint density at radius 2 is 1.77 bits per heavy atom. The van der Waals surface area contributed by atoms with Crippen LogP contribution >= 0.6 is 24.0 Å².